The van der Waals surface area contributed by atoms with Gasteiger partial charge in [-0.25, -0.2) is 13.1 Å². The number of sulfonamides is 1. The smallest absolute Gasteiger partial charge is 0.241 e. The van der Waals surface area contributed by atoms with Gasteiger partial charge in [-0.1, -0.05) is 19.9 Å². The molecule has 0 radical (unpaired) electrons. The monoisotopic (exact) mass is 282 g/mol. The van der Waals surface area contributed by atoms with Gasteiger partial charge >= 0.3 is 0 Å². The maximum absolute atomic E-state index is 12.4. The molecule has 1 fully saturated rings. The molecule has 1 aliphatic rings. The number of nitrogens with one attached hydrogen (secondary N) is 1. The first kappa shape index (κ1) is 14.3. The number of hydrogen-bond acceptors (Lipinski definition) is 3. The molecular formula is C14H22N2O2S. The van der Waals surface area contributed by atoms with Crippen LogP contribution >= 0.6 is 0 Å². The van der Waals surface area contributed by atoms with Gasteiger partial charge in [0.1, 0.15) is 0 Å². The van der Waals surface area contributed by atoms with Crippen LogP contribution < -0.4 is 10.5 Å². The summed E-state index contributed by atoms with van der Waals surface area (Å²) in [7, 11) is -3.48. The third-order valence-corrected chi connectivity index (χ3v) is 5.57. The van der Waals surface area contributed by atoms with E-state index in [0.717, 1.165) is 19.3 Å². The SMILES string of the molecule is Cc1c(N)cccc1S(=O)(=O)NC1CCC(C)(C)C1. The van der Waals surface area contributed by atoms with Crippen molar-refractivity contribution in [1.82, 2.24) is 4.72 Å². The molecule has 0 amide bonds. The van der Waals surface area contributed by atoms with E-state index in [0.29, 0.717) is 11.3 Å². The molecule has 4 nitrogen and oxygen atoms in total. The summed E-state index contributed by atoms with van der Waals surface area (Å²) in [5.41, 5.74) is 7.12. The van der Waals surface area contributed by atoms with E-state index in [1.165, 1.54) is 0 Å². The first-order valence-corrected chi connectivity index (χ1v) is 8.07. The van der Waals surface area contributed by atoms with Crippen molar-refractivity contribution < 1.29 is 8.42 Å². The predicted molar refractivity (Wildman–Crippen MR) is 77.3 cm³/mol. The lowest BCUT2D eigenvalue weighted by Crippen LogP contribution is -2.34. The maximum atomic E-state index is 12.4. The van der Waals surface area contributed by atoms with E-state index >= 15 is 0 Å². The average molecular weight is 282 g/mol. The van der Waals surface area contributed by atoms with Gasteiger partial charge in [-0.3, -0.25) is 0 Å². The topological polar surface area (TPSA) is 72.2 Å². The van der Waals surface area contributed by atoms with Crippen LogP contribution in [0.15, 0.2) is 23.1 Å². The van der Waals surface area contributed by atoms with E-state index in [1.54, 1.807) is 25.1 Å². The Bertz CT molecular complexity index is 579. The van der Waals surface area contributed by atoms with Crippen LogP contribution in [-0.4, -0.2) is 14.5 Å². The summed E-state index contributed by atoms with van der Waals surface area (Å²) >= 11 is 0. The Kier molecular flexibility index (Phi) is 3.62. The van der Waals surface area contributed by atoms with Gasteiger partial charge in [0.05, 0.1) is 4.90 Å². The van der Waals surface area contributed by atoms with Crippen molar-refractivity contribution in [2.45, 2.75) is 51.0 Å². The second-order valence-corrected chi connectivity index (χ2v) is 7.88. The van der Waals surface area contributed by atoms with Crippen LogP contribution in [0.1, 0.15) is 38.7 Å². The van der Waals surface area contributed by atoms with Crippen molar-refractivity contribution in [3.8, 4) is 0 Å². The number of nitrogen functional groups attached to an aromatic ring is 1. The number of nitrogens with two attached hydrogens (primary N) is 1. The molecule has 0 aliphatic heterocycles. The minimum Gasteiger partial charge on any atom is -0.398 e. The normalized spacial score (nSPS) is 22.6. The molecular weight excluding hydrogens is 260 g/mol. The highest BCUT2D eigenvalue weighted by molar-refractivity contribution is 7.89. The Balaban J connectivity index is 2.22. The zero-order valence-corrected chi connectivity index (χ0v) is 12.5. The van der Waals surface area contributed by atoms with Gasteiger partial charge in [0.15, 0.2) is 0 Å². The fraction of sp³-hybridized carbons (Fsp3) is 0.571. The summed E-state index contributed by atoms with van der Waals surface area (Å²) in [6, 6.07) is 5.03. The zero-order chi connectivity index (χ0) is 14.3. The van der Waals surface area contributed by atoms with Gasteiger partial charge in [0, 0.05) is 11.7 Å². The summed E-state index contributed by atoms with van der Waals surface area (Å²) in [6.07, 6.45) is 2.83. The highest BCUT2D eigenvalue weighted by atomic mass is 32.2. The molecule has 1 aliphatic carbocycles. The molecule has 106 valence electrons. The lowest BCUT2D eigenvalue weighted by atomic mass is 9.92. The molecule has 1 aromatic rings. The van der Waals surface area contributed by atoms with E-state index in [9.17, 15) is 8.42 Å². The minimum absolute atomic E-state index is 0.0285. The van der Waals surface area contributed by atoms with E-state index in [4.69, 9.17) is 5.73 Å². The molecule has 19 heavy (non-hydrogen) atoms. The number of anilines is 1. The van der Waals surface area contributed by atoms with E-state index in [2.05, 4.69) is 18.6 Å². The number of rotatable bonds is 3. The first-order valence-electron chi connectivity index (χ1n) is 6.59. The van der Waals surface area contributed by atoms with Gasteiger partial charge in [-0.2, -0.15) is 0 Å². The molecule has 0 saturated heterocycles. The molecule has 1 aromatic carbocycles. The Hall–Kier alpha value is -1.07. The minimum atomic E-state index is -3.48. The van der Waals surface area contributed by atoms with Crippen molar-refractivity contribution >= 4 is 15.7 Å². The highest BCUT2D eigenvalue weighted by Crippen LogP contribution is 2.37. The fourth-order valence-electron chi connectivity index (χ4n) is 2.74. The van der Waals surface area contributed by atoms with Gasteiger partial charge < -0.3 is 5.73 Å². The summed E-state index contributed by atoms with van der Waals surface area (Å²) in [5, 5.41) is 0. The summed E-state index contributed by atoms with van der Waals surface area (Å²) in [6.45, 7) is 6.09. The van der Waals surface area contributed by atoms with Crippen LogP contribution in [0, 0.1) is 12.3 Å². The Morgan fingerprint density at radius 1 is 1.37 bits per heavy atom. The molecule has 1 unspecified atom stereocenters. The van der Waals surface area contributed by atoms with Crippen LogP contribution in [0.3, 0.4) is 0 Å². The van der Waals surface area contributed by atoms with Gasteiger partial charge in [0.2, 0.25) is 10.0 Å². The van der Waals surface area contributed by atoms with Crippen molar-refractivity contribution in [1.29, 1.82) is 0 Å². The molecule has 0 bridgehead atoms. The Labute approximate surface area is 115 Å². The van der Waals surface area contributed by atoms with Crippen molar-refractivity contribution in [2.24, 2.45) is 5.41 Å². The first-order chi connectivity index (χ1) is 8.71. The maximum Gasteiger partial charge on any atom is 0.241 e. The molecule has 1 atom stereocenters. The predicted octanol–water partition coefficient (Wildman–Crippen LogP) is 2.43. The van der Waals surface area contributed by atoms with Crippen LogP contribution in [0.25, 0.3) is 0 Å². The van der Waals surface area contributed by atoms with Crippen LogP contribution in [0.4, 0.5) is 5.69 Å². The fourth-order valence-corrected chi connectivity index (χ4v) is 4.29. The average Bonchev–Trinajstić information content (AvgIpc) is 2.61. The van der Waals surface area contributed by atoms with Gasteiger partial charge in [0.25, 0.3) is 0 Å². The highest BCUT2D eigenvalue weighted by Gasteiger charge is 2.33. The Morgan fingerprint density at radius 2 is 2.05 bits per heavy atom. The summed E-state index contributed by atoms with van der Waals surface area (Å²) < 4.78 is 27.6. The van der Waals surface area contributed by atoms with Crippen LogP contribution in [0.2, 0.25) is 0 Å². The van der Waals surface area contributed by atoms with E-state index in [-0.39, 0.29) is 16.4 Å². The standard InChI is InChI=1S/C14H22N2O2S/c1-10-12(15)5-4-6-13(10)19(17,18)16-11-7-8-14(2,3)9-11/h4-6,11,16H,7-9,15H2,1-3H3. The largest absolute Gasteiger partial charge is 0.398 e. The van der Waals surface area contributed by atoms with Gasteiger partial charge in [-0.05, 0) is 49.3 Å². The number of hydrogen-bond donors (Lipinski definition) is 2. The molecule has 0 aromatic heterocycles. The van der Waals surface area contributed by atoms with Crippen LogP contribution in [-0.2, 0) is 10.0 Å². The molecule has 1 saturated carbocycles. The Morgan fingerprint density at radius 3 is 2.63 bits per heavy atom. The second-order valence-electron chi connectivity index (χ2n) is 6.20. The van der Waals surface area contributed by atoms with E-state index < -0.39 is 10.0 Å². The van der Waals surface area contributed by atoms with Crippen molar-refractivity contribution in [2.75, 3.05) is 5.73 Å². The van der Waals surface area contributed by atoms with Crippen LogP contribution in [0.5, 0.6) is 0 Å². The molecule has 2 rings (SSSR count). The molecule has 3 N–H and O–H groups in total. The summed E-state index contributed by atoms with van der Waals surface area (Å²) in [5.74, 6) is 0. The molecule has 0 spiro atoms. The third-order valence-electron chi connectivity index (χ3n) is 3.91. The molecule has 0 heterocycles. The summed E-state index contributed by atoms with van der Waals surface area (Å²) in [4.78, 5) is 0.289. The van der Waals surface area contributed by atoms with Crippen molar-refractivity contribution in [3.05, 3.63) is 23.8 Å². The third kappa shape index (κ3) is 3.09. The molecule has 5 heteroatoms. The van der Waals surface area contributed by atoms with Gasteiger partial charge in [-0.15, -0.1) is 0 Å². The lowest BCUT2D eigenvalue weighted by molar-refractivity contribution is 0.372. The quantitative estimate of drug-likeness (QED) is 0.836. The number of benzene rings is 1. The van der Waals surface area contributed by atoms with E-state index in [1.807, 2.05) is 0 Å². The van der Waals surface area contributed by atoms with Crippen molar-refractivity contribution in [3.63, 3.8) is 0 Å². The lowest BCUT2D eigenvalue weighted by Gasteiger charge is -2.18. The zero-order valence-electron chi connectivity index (χ0n) is 11.7. The second kappa shape index (κ2) is 4.80.